The number of piperidine rings is 1. The summed E-state index contributed by atoms with van der Waals surface area (Å²) in [7, 11) is 2.14. The van der Waals surface area contributed by atoms with Crippen molar-refractivity contribution in [1.29, 1.82) is 0 Å². The SMILES string of the molecule is CN1CCOC(CN2CCCC(C=O)C2)C1. The number of morpholine rings is 1. The molecule has 2 rings (SSSR count). The third-order valence-electron chi connectivity index (χ3n) is 3.54. The zero-order valence-corrected chi connectivity index (χ0v) is 10.1. The predicted molar refractivity (Wildman–Crippen MR) is 62.5 cm³/mol. The fraction of sp³-hybridized carbons (Fsp3) is 0.917. The molecule has 4 heteroatoms. The van der Waals surface area contributed by atoms with Crippen LogP contribution in [-0.4, -0.2) is 68.6 Å². The molecule has 2 aliphatic rings. The second-order valence-corrected chi connectivity index (χ2v) is 5.05. The van der Waals surface area contributed by atoms with Crippen LogP contribution in [0.25, 0.3) is 0 Å². The van der Waals surface area contributed by atoms with E-state index in [0.717, 1.165) is 58.5 Å². The highest BCUT2D eigenvalue weighted by Gasteiger charge is 2.24. The summed E-state index contributed by atoms with van der Waals surface area (Å²) >= 11 is 0. The van der Waals surface area contributed by atoms with Gasteiger partial charge in [0, 0.05) is 32.1 Å². The van der Waals surface area contributed by atoms with Gasteiger partial charge >= 0.3 is 0 Å². The van der Waals surface area contributed by atoms with E-state index in [-0.39, 0.29) is 5.92 Å². The van der Waals surface area contributed by atoms with Gasteiger partial charge in [0.25, 0.3) is 0 Å². The van der Waals surface area contributed by atoms with Crippen molar-refractivity contribution < 1.29 is 9.53 Å². The average molecular weight is 226 g/mol. The fourth-order valence-corrected chi connectivity index (χ4v) is 2.63. The Kier molecular flexibility index (Phi) is 4.32. The summed E-state index contributed by atoms with van der Waals surface area (Å²) in [6.45, 7) is 5.91. The van der Waals surface area contributed by atoms with Gasteiger partial charge < -0.3 is 19.3 Å². The fourth-order valence-electron chi connectivity index (χ4n) is 2.63. The quantitative estimate of drug-likeness (QED) is 0.645. The second kappa shape index (κ2) is 5.75. The van der Waals surface area contributed by atoms with Gasteiger partial charge in [-0.2, -0.15) is 0 Å². The first-order valence-electron chi connectivity index (χ1n) is 6.25. The summed E-state index contributed by atoms with van der Waals surface area (Å²) < 4.78 is 5.75. The molecule has 2 heterocycles. The van der Waals surface area contributed by atoms with E-state index in [4.69, 9.17) is 4.74 Å². The molecule has 0 aliphatic carbocycles. The Morgan fingerprint density at radius 2 is 2.25 bits per heavy atom. The average Bonchev–Trinajstić information content (AvgIpc) is 2.29. The molecule has 0 saturated carbocycles. The molecule has 0 aromatic heterocycles. The normalized spacial score (nSPS) is 33.8. The van der Waals surface area contributed by atoms with Crippen molar-refractivity contribution >= 4 is 6.29 Å². The Morgan fingerprint density at radius 1 is 1.38 bits per heavy atom. The Balaban J connectivity index is 1.77. The minimum Gasteiger partial charge on any atom is -0.374 e. The van der Waals surface area contributed by atoms with Gasteiger partial charge in [-0.1, -0.05) is 0 Å². The Morgan fingerprint density at radius 3 is 3.00 bits per heavy atom. The molecule has 2 aliphatic heterocycles. The van der Waals surface area contributed by atoms with Crippen molar-refractivity contribution in [3.05, 3.63) is 0 Å². The van der Waals surface area contributed by atoms with Crippen LogP contribution in [0.5, 0.6) is 0 Å². The van der Waals surface area contributed by atoms with E-state index in [2.05, 4.69) is 16.8 Å². The molecule has 4 nitrogen and oxygen atoms in total. The maximum absolute atomic E-state index is 10.8. The largest absolute Gasteiger partial charge is 0.374 e. The third kappa shape index (κ3) is 3.27. The Hall–Kier alpha value is -0.450. The van der Waals surface area contributed by atoms with E-state index >= 15 is 0 Å². The highest BCUT2D eigenvalue weighted by atomic mass is 16.5. The summed E-state index contributed by atoms with van der Waals surface area (Å²) in [5, 5.41) is 0. The molecule has 2 atom stereocenters. The summed E-state index contributed by atoms with van der Waals surface area (Å²) in [4.78, 5) is 15.5. The number of hydrogen-bond donors (Lipinski definition) is 0. The number of aldehydes is 1. The van der Waals surface area contributed by atoms with Crippen LogP contribution in [0.2, 0.25) is 0 Å². The van der Waals surface area contributed by atoms with E-state index in [1.165, 1.54) is 0 Å². The van der Waals surface area contributed by atoms with Gasteiger partial charge in [-0.3, -0.25) is 0 Å². The van der Waals surface area contributed by atoms with Crippen LogP contribution in [0.1, 0.15) is 12.8 Å². The number of hydrogen-bond acceptors (Lipinski definition) is 4. The molecular weight excluding hydrogens is 204 g/mol. The maximum atomic E-state index is 10.8. The Labute approximate surface area is 97.5 Å². The molecule has 2 unspecified atom stereocenters. The summed E-state index contributed by atoms with van der Waals surface area (Å²) in [5.41, 5.74) is 0. The van der Waals surface area contributed by atoms with Crippen LogP contribution >= 0.6 is 0 Å². The van der Waals surface area contributed by atoms with Gasteiger partial charge in [0.15, 0.2) is 0 Å². The Bertz CT molecular complexity index is 235. The lowest BCUT2D eigenvalue weighted by Gasteiger charge is -2.36. The molecule has 0 spiro atoms. The minimum atomic E-state index is 0.245. The van der Waals surface area contributed by atoms with Crippen LogP contribution in [-0.2, 0) is 9.53 Å². The highest BCUT2D eigenvalue weighted by molar-refractivity contribution is 5.53. The molecular formula is C12H22N2O2. The summed E-state index contributed by atoms with van der Waals surface area (Å²) in [5.74, 6) is 0.245. The predicted octanol–water partition coefficient (Wildman–Crippen LogP) is 0.228. The number of nitrogens with zero attached hydrogens (tertiary/aromatic N) is 2. The maximum Gasteiger partial charge on any atom is 0.124 e. The van der Waals surface area contributed by atoms with Crippen molar-refractivity contribution in [3.8, 4) is 0 Å². The number of likely N-dealkylation sites (tertiary alicyclic amines) is 1. The first-order valence-corrected chi connectivity index (χ1v) is 6.25. The van der Waals surface area contributed by atoms with Gasteiger partial charge in [-0.25, -0.2) is 0 Å². The molecule has 92 valence electrons. The number of ether oxygens (including phenoxy) is 1. The summed E-state index contributed by atoms with van der Waals surface area (Å²) in [6, 6.07) is 0. The lowest BCUT2D eigenvalue weighted by atomic mass is 9.99. The number of likely N-dealkylation sites (N-methyl/N-ethyl adjacent to an activating group) is 1. The topological polar surface area (TPSA) is 32.8 Å². The van der Waals surface area contributed by atoms with Crippen LogP contribution in [0.3, 0.4) is 0 Å². The third-order valence-corrected chi connectivity index (χ3v) is 3.54. The molecule has 0 radical (unpaired) electrons. The number of rotatable bonds is 3. The lowest BCUT2D eigenvalue weighted by Crippen LogP contribution is -2.48. The minimum absolute atomic E-state index is 0.245. The number of carbonyl (C=O) groups excluding carboxylic acids is 1. The summed E-state index contributed by atoms with van der Waals surface area (Å²) in [6.07, 6.45) is 3.64. The van der Waals surface area contributed by atoms with Crippen molar-refractivity contribution in [3.63, 3.8) is 0 Å². The van der Waals surface area contributed by atoms with Crippen LogP contribution in [0.4, 0.5) is 0 Å². The van der Waals surface area contributed by atoms with Crippen molar-refractivity contribution in [1.82, 2.24) is 9.80 Å². The first-order chi connectivity index (χ1) is 7.78. The van der Waals surface area contributed by atoms with Crippen LogP contribution < -0.4 is 0 Å². The van der Waals surface area contributed by atoms with E-state index in [1.54, 1.807) is 0 Å². The molecule has 0 aromatic rings. The molecule has 16 heavy (non-hydrogen) atoms. The molecule has 0 N–H and O–H groups in total. The first kappa shape index (κ1) is 12.0. The van der Waals surface area contributed by atoms with Crippen LogP contribution in [0, 0.1) is 5.92 Å². The van der Waals surface area contributed by atoms with Gasteiger partial charge in [-0.05, 0) is 26.4 Å². The molecule has 2 saturated heterocycles. The van der Waals surface area contributed by atoms with E-state index in [1.807, 2.05) is 0 Å². The second-order valence-electron chi connectivity index (χ2n) is 5.05. The van der Waals surface area contributed by atoms with Crippen molar-refractivity contribution in [2.45, 2.75) is 18.9 Å². The van der Waals surface area contributed by atoms with Gasteiger partial charge in [-0.15, -0.1) is 0 Å². The van der Waals surface area contributed by atoms with Gasteiger partial charge in [0.1, 0.15) is 6.29 Å². The van der Waals surface area contributed by atoms with Crippen LogP contribution in [0.15, 0.2) is 0 Å². The highest BCUT2D eigenvalue weighted by Crippen LogP contribution is 2.16. The molecule has 0 amide bonds. The van der Waals surface area contributed by atoms with E-state index < -0.39 is 0 Å². The zero-order valence-electron chi connectivity index (χ0n) is 10.1. The molecule has 0 bridgehead atoms. The lowest BCUT2D eigenvalue weighted by molar-refractivity contribution is -0.113. The van der Waals surface area contributed by atoms with Crippen molar-refractivity contribution in [2.24, 2.45) is 5.92 Å². The monoisotopic (exact) mass is 226 g/mol. The standard InChI is InChI=1S/C12H22N2O2/c1-13-5-6-16-12(8-13)9-14-4-2-3-11(7-14)10-15/h10-12H,2-9H2,1H3. The van der Waals surface area contributed by atoms with Crippen molar-refractivity contribution in [2.75, 3.05) is 46.4 Å². The van der Waals surface area contributed by atoms with Gasteiger partial charge in [0.05, 0.1) is 12.7 Å². The van der Waals surface area contributed by atoms with E-state index in [0.29, 0.717) is 6.10 Å². The number of carbonyl (C=O) groups is 1. The van der Waals surface area contributed by atoms with Gasteiger partial charge in [0.2, 0.25) is 0 Å². The van der Waals surface area contributed by atoms with E-state index in [9.17, 15) is 4.79 Å². The smallest absolute Gasteiger partial charge is 0.124 e. The molecule has 0 aromatic carbocycles. The molecule has 2 fully saturated rings. The zero-order chi connectivity index (χ0) is 11.4.